The number of fused-ring (bicyclic) bond motifs is 1. The molecule has 104 valence electrons. The van der Waals surface area contributed by atoms with Crippen molar-refractivity contribution in [1.29, 1.82) is 5.26 Å². The molecule has 0 saturated carbocycles. The van der Waals surface area contributed by atoms with E-state index in [9.17, 15) is 4.79 Å². The Bertz CT molecular complexity index is 735. The van der Waals surface area contributed by atoms with Crippen molar-refractivity contribution in [1.82, 2.24) is 0 Å². The molecule has 1 aliphatic heterocycles. The molecule has 0 unspecified atom stereocenters. The topological polar surface area (TPSA) is 74.2 Å². The fourth-order valence-corrected chi connectivity index (χ4v) is 2.26. The van der Waals surface area contributed by atoms with E-state index in [1.54, 1.807) is 30.3 Å². The van der Waals surface area contributed by atoms with Crippen molar-refractivity contribution in [3.8, 4) is 11.8 Å². The lowest BCUT2D eigenvalue weighted by molar-refractivity contribution is 0.262. The third kappa shape index (κ3) is 2.79. The van der Waals surface area contributed by atoms with Crippen molar-refractivity contribution in [3.63, 3.8) is 0 Å². The number of anilines is 2. The van der Waals surface area contributed by atoms with Gasteiger partial charge in [0, 0.05) is 12.1 Å². The number of nitrogens with zero attached hydrogens (tertiary/aromatic N) is 1. The summed E-state index contributed by atoms with van der Waals surface area (Å²) in [6.07, 6.45) is 0.858. The van der Waals surface area contributed by atoms with Crippen LogP contribution in [0.25, 0.3) is 0 Å². The summed E-state index contributed by atoms with van der Waals surface area (Å²) in [5, 5.41) is 14.3. The van der Waals surface area contributed by atoms with Crippen molar-refractivity contribution < 1.29 is 9.53 Å². The summed E-state index contributed by atoms with van der Waals surface area (Å²) < 4.78 is 5.53. The van der Waals surface area contributed by atoms with E-state index in [1.807, 2.05) is 18.2 Å². The Morgan fingerprint density at radius 1 is 1.19 bits per heavy atom. The second-order valence-corrected chi connectivity index (χ2v) is 4.66. The average molecular weight is 279 g/mol. The van der Waals surface area contributed by atoms with Crippen LogP contribution in [0.15, 0.2) is 42.5 Å². The molecule has 0 bridgehead atoms. The highest BCUT2D eigenvalue weighted by Crippen LogP contribution is 2.33. The molecule has 0 fully saturated rings. The second-order valence-electron chi connectivity index (χ2n) is 4.66. The third-order valence-corrected chi connectivity index (χ3v) is 3.21. The Balaban J connectivity index is 1.73. The standard InChI is InChI=1S/C16H13N3O2/c17-10-11-3-1-5-13(9-11)18-16(20)19-14-6-2-4-12-7-8-21-15(12)14/h1-6,9H,7-8H2,(H2,18,19,20). The molecule has 2 N–H and O–H groups in total. The lowest BCUT2D eigenvalue weighted by atomic mass is 10.1. The van der Waals surface area contributed by atoms with Crippen LogP contribution in [0.1, 0.15) is 11.1 Å². The minimum absolute atomic E-state index is 0.367. The van der Waals surface area contributed by atoms with Gasteiger partial charge in [-0.05, 0) is 29.8 Å². The predicted octanol–water partition coefficient (Wildman–Crippen LogP) is 3.14. The van der Waals surface area contributed by atoms with Gasteiger partial charge in [0.2, 0.25) is 0 Å². The van der Waals surface area contributed by atoms with Crippen molar-refractivity contribution >= 4 is 17.4 Å². The van der Waals surface area contributed by atoms with Gasteiger partial charge in [0.1, 0.15) is 5.75 Å². The Hall–Kier alpha value is -3.00. The molecule has 0 spiro atoms. The molecular weight excluding hydrogens is 266 g/mol. The summed E-state index contributed by atoms with van der Waals surface area (Å²) >= 11 is 0. The summed E-state index contributed by atoms with van der Waals surface area (Å²) in [5.41, 5.74) is 2.81. The molecule has 2 aromatic rings. The summed E-state index contributed by atoms with van der Waals surface area (Å²) in [6.45, 7) is 0.639. The highest BCUT2D eigenvalue weighted by atomic mass is 16.5. The number of amides is 2. The van der Waals surface area contributed by atoms with Gasteiger partial charge in [-0.2, -0.15) is 5.26 Å². The van der Waals surface area contributed by atoms with Crippen molar-refractivity contribution in [2.75, 3.05) is 17.2 Å². The Kier molecular flexibility index (Phi) is 3.44. The lowest BCUT2D eigenvalue weighted by Crippen LogP contribution is -2.19. The number of para-hydroxylation sites is 1. The lowest BCUT2D eigenvalue weighted by Gasteiger charge is -2.11. The molecule has 0 aromatic heterocycles. The van der Waals surface area contributed by atoms with Gasteiger partial charge >= 0.3 is 6.03 Å². The third-order valence-electron chi connectivity index (χ3n) is 3.21. The molecular formula is C16H13N3O2. The monoisotopic (exact) mass is 279 g/mol. The summed E-state index contributed by atoms with van der Waals surface area (Å²) in [6, 6.07) is 14.1. The molecule has 21 heavy (non-hydrogen) atoms. The van der Waals surface area contributed by atoms with Gasteiger partial charge in [-0.25, -0.2) is 4.79 Å². The zero-order valence-electron chi connectivity index (χ0n) is 11.2. The number of ether oxygens (including phenoxy) is 1. The van der Waals surface area contributed by atoms with E-state index in [-0.39, 0.29) is 6.03 Å². The Morgan fingerprint density at radius 3 is 2.90 bits per heavy atom. The van der Waals surface area contributed by atoms with Crippen molar-refractivity contribution in [2.24, 2.45) is 0 Å². The number of carbonyl (C=O) groups excluding carboxylic acids is 1. The number of carbonyl (C=O) groups is 1. The van der Waals surface area contributed by atoms with Crippen LogP contribution >= 0.6 is 0 Å². The minimum Gasteiger partial charge on any atom is -0.491 e. The number of rotatable bonds is 2. The molecule has 2 aromatic carbocycles. The number of hydrogen-bond donors (Lipinski definition) is 2. The Morgan fingerprint density at radius 2 is 2.05 bits per heavy atom. The number of nitrogens with one attached hydrogen (secondary N) is 2. The number of nitriles is 1. The molecule has 1 heterocycles. The molecule has 0 saturated heterocycles. The average Bonchev–Trinajstić information content (AvgIpc) is 2.97. The molecule has 0 radical (unpaired) electrons. The highest BCUT2D eigenvalue weighted by molar-refractivity contribution is 6.01. The van der Waals surface area contributed by atoms with Crippen LogP contribution < -0.4 is 15.4 Å². The maximum Gasteiger partial charge on any atom is 0.323 e. The van der Waals surface area contributed by atoms with Crippen LogP contribution in [0.5, 0.6) is 5.75 Å². The number of urea groups is 1. The first-order chi connectivity index (χ1) is 10.3. The molecule has 5 nitrogen and oxygen atoms in total. The quantitative estimate of drug-likeness (QED) is 0.886. The normalized spacial score (nSPS) is 12.0. The first-order valence-corrected chi connectivity index (χ1v) is 6.59. The van der Waals surface area contributed by atoms with Gasteiger partial charge in [-0.3, -0.25) is 0 Å². The first kappa shape index (κ1) is 13.0. The van der Waals surface area contributed by atoms with E-state index in [4.69, 9.17) is 10.00 Å². The molecule has 3 rings (SSSR count). The van der Waals surface area contributed by atoms with Crippen LogP contribution in [-0.2, 0) is 6.42 Å². The van der Waals surface area contributed by atoms with Crippen LogP contribution in [0.2, 0.25) is 0 Å². The zero-order valence-corrected chi connectivity index (χ0v) is 11.2. The number of hydrogen-bond acceptors (Lipinski definition) is 3. The van der Waals surface area contributed by atoms with Crippen molar-refractivity contribution in [3.05, 3.63) is 53.6 Å². The van der Waals surface area contributed by atoms with Gasteiger partial charge in [0.05, 0.1) is 23.9 Å². The van der Waals surface area contributed by atoms with Gasteiger partial charge < -0.3 is 15.4 Å². The van der Waals surface area contributed by atoms with Crippen LogP contribution in [0.3, 0.4) is 0 Å². The first-order valence-electron chi connectivity index (χ1n) is 6.59. The van der Waals surface area contributed by atoms with Gasteiger partial charge in [0.15, 0.2) is 0 Å². The summed E-state index contributed by atoms with van der Waals surface area (Å²) in [4.78, 5) is 12.0. The van der Waals surface area contributed by atoms with E-state index in [2.05, 4.69) is 10.6 Å². The molecule has 5 heteroatoms. The van der Waals surface area contributed by atoms with E-state index in [1.165, 1.54) is 0 Å². The van der Waals surface area contributed by atoms with Gasteiger partial charge in [0.25, 0.3) is 0 Å². The van der Waals surface area contributed by atoms with E-state index < -0.39 is 0 Å². The summed E-state index contributed by atoms with van der Waals surface area (Å²) in [7, 11) is 0. The van der Waals surface area contributed by atoms with Crippen LogP contribution in [0, 0.1) is 11.3 Å². The summed E-state index contributed by atoms with van der Waals surface area (Å²) in [5.74, 6) is 0.735. The van der Waals surface area contributed by atoms with E-state index in [0.29, 0.717) is 23.5 Å². The maximum absolute atomic E-state index is 12.0. The highest BCUT2D eigenvalue weighted by Gasteiger charge is 2.17. The maximum atomic E-state index is 12.0. The molecule has 0 aliphatic carbocycles. The van der Waals surface area contributed by atoms with E-state index >= 15 is 0 Å². The fraction of sp³-hybridized carbons (Fsp3) is 0.125. The minimum atomic E-state index is -0.367. The van der Waals surface area contributed by atoms with Crippen LogP contribution in [-0.4, -0.2) is 12.6 Å². The second kappa shape index (κ2) is 5.55. The van der Waals surface area contributed by atoms with Crippen molar-refractivity contribution in [2.45, 2.75) is 6.42 Å². The van der Waals surface area contributed by atoms with Gasteiger partial charge in [-0.15, -0.1) is 0 Å². The molecule has 1 aliphatic rings. The SMILES string of the molecule is N#Cc1cccc(NC(=O)Nc2cccc3c2OCC3)c1. The molecule has 2 amide bonds. The Labute approximate surface area is 122 Å². The largest absolute Gasteiger partial charge is 0.491 e. The number of benzene rings is 2. The van der Waals surface area contributed by atoms with Gasteiger partial charge in [-0.1, -0.05) is 18.2 Å². The molecule has 0 atom stereocenters. The zero-order chi connectivity index (χ0) is 14.7. The van der Waals surface area contributed by atoms with E-state index in [0.717, 1.165) is 17.7 Å². The fourth-order valence-electron chi connectivity index (χ4n) is 2.26. The van der Waals surface area contributed by atoms with Crippen LogP contribution in [0.4, 0.5) is 16.2 Å². The smallest absolute Gasteiger partial charge is 0.323 e. The predicted molar refractivity (Wildman–Crippen MR) is 79.4 cm³/mol.